The minimum absolute atomic E-state index is 0.369. The molecular weight excluding hydrogens is 255 g/mol. The minimum atomic E-state index is -1.30. The standard InChI is InChI=1S/C12H7FN2O2S/c13-7-5-9-8(4-6(7)12(16)17)14-11(15-9)10-2-1-3-18-10/h1-5H,(H,14,15)(H,16,17). The molecule has 2 aromatic heterocycles. The van der Waals surface area contributed by atoms with Gasteiger partial charge >= 0.3 is 5.97 Å². The molecule has 18 heavy (non-hydrogen) atoms. The maximum Gasteiger partial charge on any atom is 0.338 e. The van der Waals surface area contributed by atoms with Gasteiger partial charge in [-0.15, -0.1) is 11.3 Å². The second-order valence-corrected chi connectivity index (χ2v) is 4.66. The fourth-order valence-corrected chi connectivity index (χ4v) is 2.39. The van der Waals surface area contributed by atoms with Gasteiger partial charge in [0.15, 0.2) is 0 Å². The third kappa shape index (κ3) is 1.67. The number of benzene rings is 1. The second kappa shape index (κ2) is 3.92. The molecule has 0 radical (unpaired) electrons. The number of aromatic carboxylic acids is 1. The highest BCUT2D eigenvalue weighted by Gasteiger charge is 2.14. The Bertz CT molecular complexity index is 734. The van der Waals surface area contributed by atoms with Crippen LogP contribution in [0.4, 0.5) is 4.39 Å². The molecule has 0 spiro atoms. The van der Waals surface area contributed by atoms with Crippen LogP contribution in [0.25, 0.3) is 21.7 Å². The fourth-order valence-electron chi connectivity index (χ4n) is 1.72. The van der Waals surface area contributed by atoms with Crippen LogP contribution in [0.1, 0.15) is 10.4 Å². The highest BCUT2D eigenvalue weighted by atomic mass is 32.1. The van der Waals surface area contributed by atoms with Crippen LogP contribution in [0, 0.1) is 5.82 Å². The monoisotopic (exact) mass is 262 g/mol. The number of H-pyrrole nitrogens is 1. The van der Waals surface area contributed by atoms with Gasteiger partial charge in [0.2, 0.25) is 0 Å². The lowest BCUT2D eigenvalue weighted by atomic mass is 10.2. The van der Waals surface area contributed by atoms with Gasteiger partial charge in [0.1, 0.15) is 11.6 Å². The van der Waals surface area contributed by atoms with Crippen molar-refractivity contribution in [2.24, 2.45) is 0 Å². The molecule has 4 nitrogen and oxygen atoms in total. The first kappa shape index (κ1) is 10.9. The first-order valence-corrected chi connectivity index (χ1v) is 5.99. The van der Waals surface area contributed by atoms with Crippen molar-refractivity contribution in [3.8, 4) is 10.7 Å². The van der Waals surface area contributed by atoms with Gasteiger partial charge < -0.3 is 10.1 Å². The van der Waals surface area contributed by atoms with E-state index in [0.717, 1.165) is 10.9 Å². The third-order valence-corrected chi connectivity index (χ3v) is 3.43. The number of carboxylic acid groups (broad SMARTS) is 1. The molecule has 0 saturated carbocycles. The van der Waals surface area contributed by atoms with Crippen LogP contribution in [0.2, 0.25) is 0 Å². The van der Waals surface area contributed by atoms with E-state index in [4.69, 9.17) is 5.11 Å². The number of hydrogen-bond acceptors (Lipinski definition) is 3. The molecule has 0 aliphatic rings. The molecular formula is C12H7FN2O2S. The molecule has 0 aliphatic heterocycles. The van der Waals surface area contributed by atoms with Gasteiger partial charge in [-0.25, -0.2) is 14.2 Å². The van der Waals surface area contributed by atoms with Gasteiger partial charge in [-0.2, -0.15) is 0 Å². The highest BCUT2D eigenvalue weighted by Crippen LogP contribution is 2.25. The van der Waals surface area contributed by atoms with Crippen molar-refractivity contribution < 1.29 is 14.3 Å². The summed E-state index contributed by atoms with van der Waals surface area (Å²) in [5.74, 6) is -1.45. The first-order chi connectivity index (χ1) is 8.65. The minimum Gasteiger partial charge on any atom is -0.478 e. The van der Waals surface area contributed by atoms with Crippen molar-refractivity contribution in [2.75, 3.05) is 0 Å². The number of aromatic nitrogens is 2. The number of nitrogens with one attached hydrogen (secondary N) is 1. The number of carboxylic acids is 1. The third-order valence-electron chi connectivity index (χ3n) is 2.56. The van der Waals surface area contributed by atoms with E-state index in [1.54, 1.807) is 0 Å². The quantitative estimate of drug-likeness (QED) is 0.745. The fraction of sp³-hybridized carbons (Fsp3) is 0. The Labute approximate surface area is 105 Å². The zero-order valence-corrected chi connectivity index (χ0v) is 9.79. The lowest BCUT2D eigenvalue weighted by molar-refractivity contribution is 0.0692. The number of aromatic amines is 1. The summed E-state index contributed by atoms with van der Waals surface area (Å²) in [6, 6.07) is 6.16. The summed E-state index contributed by atoms with van der Waals surface area (Å²) in [5.41, 5.74) is 0.560. The van der Waals surface area contributed by atoms with Gasteiger partial charge in [0.05, 0.1) is 21.5 Å². The first-order valence-electron chi connectivity index (χ1n) is 5.11. The van der Waals surface area contributed by atoms with Gasteiger partial charge in [-0.1, -0.05) is 6.07 Å². The van der Waals surface area contributed by atoms with Gasteiger partial charge in [-0.05, 0) is 17.5 Å². The second-order valence-electron chi connectivity index (χ2n) is 3.72. The van der Waals surface area contributed by atoms with Crippen LogP contribution in [0.5, 0.6) is 0 Å². The molecule has 2 heterocycles. The number of nitrogens with zero attached hydrogens (tertiary/aromatic N) is 1. The van der Waals surface area contributed by atoms with Gasteiger partial charge in [0, 0.05) is 6.07 Å². The SMILES string of the molecule is O=C(O)c1cc2nc(-c3cccs3)[nH]c2cc1F. The van der Waals surface area contributed by atoms with E-state index in [-0.39, 0.29) is 5.56 Å². The summed E-state index contributed by atoms with van der Waals surface area (Å²) in [6.45, 7) is 0. The Morgan fingerprint density at radius 2 is 2.28 bits per heavy atom. The summed E-state index contributed by atoms with van der Waals surface area (Å²) >= 11 is 1.50. The molecule has 0 aliphatic carbocycles. The Morgan fingerprint density at radius 3 is 2.94 bits per heavy atom. The number of fused-ring (bicyclic) bond motifs is 1. The van der Waals surface area contributed by atoms with Crippen molar-refractivity contribution in [2.45, 2.75) is 0 Å². The van der Waals surface area contributed by atoms with Crippen LogP contribution in [-0.4, -0.2) is 21.0 Å². The number of imidazole rings is 1. The van der Waals surface area contributed by atoms with Crippen molar-refractivity contribution in [1.29, 1.82) is 0 Å². The molecule has 1 aromatic carbocycles. The van der Waals surface area contributed by atoms with Crippen molar-refractivity contribution in [3.05, 3.63) is 41.0 Å². The van der Waals surface area contributed by atoms with Crippen LogP contribution >= 0.6 is 11.3 Å². The van der Waals surface area contributed by atoms with E-state index in [0.29, 0.717) is 16.9 Å². The number of hydrogen-bond donors (Lipinski definition) is 2. The van der Waals surface area contributed by atoms with E-state index in [1.807, 2.05) is 17.5 Å². The smallest absolute Gasteiger partial charge is 0.338 e. The molecule has 6 heteroatoms. The van der Waals surface area contributed by atoms with E-state index < -0.39 is 11.8 Å². The Balaban J connectivity index is 2.21. The van der Waals surface area contributed by atoms with E-state index in [2.05, 4.69) is 9.97 Å². The molecule has 0 bridgehead atoms. The van der Waals surface area contributed by atoms with Crippen LogP contribution in [0.15, 0.2) is 29.6 Å². The Hall–Kier alpha value is -2.21. The summed E-state index contributed by atoms with van der Waals surface area (Å²) < 4.78 is 13.5. The summed E-state index contributed by atoms with van der Waals surface area (Å²) in [6.07, 6.45) is 0. The lowest BCUT2D eigenvalue weighted by Gasteiger charge is -1.95. The van der Waals surface area contributed by atoms with Gasteiger partial charge in [0.25, 0.3) is 0 Å². The normalized spacial score (nSPS) is 10.9. The maximum atomic E-state index is 13.5. The molecule has 0 fully saturated rings. The average Bonchev–Trinajstić information content (AvgIpc) is 2.95. The molecule has 0 unspecified atom stereocenters. The Kier molecular flexibility index (Phi) is 2.38. The number of carbonyl (C=O) groups is 1. The highest BCUT2D eigenvalue weighted by molar-refractivity contribution is 7.13. The van der Waals surface area contributed by atoms with Crippen LogP contribution < -0.4 is 0 Å². The molecule has 0 amide bonds. The number of rotatable bonds is 2. The molecule has 90 valence electrons. The van der Waals surface area contributed by atoms with Crippen molar-refractivity contribution >= 4 is 28.3 Å². The molecule has 2 N–H and O–H groups in total. The summed E-state index contributed by atoms with van der Waals surface area (Å²) in [4.78, 5) is 19.0. The zero-order chi connectivity index (χ0) is 12.7. The molecule has 0 saturated heterocycles. The summed E-state index contributed by atoms with van der Waals surface area (Å²) in [7, 11) is 0. The molecule has 0 atom stereocenters. The van der Waals surface area contributed by atoms with Gasteiger partial charge in [-0.3, -0.25) is 0 Å². The summed E-state index contributed by atoms with van der Waals surface area (Å²) in [5, 5.41) is 10.7. The van der Waals surface area contributed by atoms with Crippen molar-refractivity contribution in [3.63, 3.8) is 0 Å². The Morgan fingerprint density at radius 1 is 1.44 bits per heavy atom. The van der Waals surface area contributed by atoms with Crippen molar-refractivity contribution in [1.82, 2.24) is 9.97 Å². The lowest BCUT2D eigenvalue weighted by Crippen LogP contribution is -1.99. The molecule has 3 rings (SSSR count). The molecule has 3 aromatic rings. The predicted molar refractivity (Wildman–Crippen MR) is 66.3 cm³/mol. The maximum absolute atomic E-state index is 13.5. The van der Waals surface area contributed by atoms with Crippen LogP contribution in [0.3, 0.4) is 0 Å². The number of thiophene rings is 1. The van der Waals surface area contributed by atoms with E-state index >= 15 is 0 Å². The zero-order valence-electron chi connectivity index (χ0n) is 8.98. The topological polar surface area (TPSA) is 66.0 Å². The largest absolute Gasteiger partial charge is 0.478 e. The van der Waals surface area contributed by atoms with E-state index in [9.17, 15) is 9.18 Å². The number of halogens is 1. The van der Waals surface area contributed by atoms with Crippen LogP contribution in [-0.2, 0) is 0 Å². The van der Waals surface area contributed by atoms with E-state index in [1.165, 1.54) is 17.4 Å². The predicted octanol–water partition coefficient (Wildman–Crippen LogP) is 3.13. The average molecular weight is 262 g/mol.